The molecule has 0 aliphatic heterocycles. The maximum absolute atomic E-state index is 13.8. The summed E-state index contributed by atoms with van der Waals surface area (Å²) in [6.07, 6.45) is 3.63. The lowest BCUT2D eigenvalue weighted by Crippen LogP contribution is -2.13. The zero-order valence-corrected chi connectivity index (χ0v) is 17.1. The molecule has 0 fully saturated rings. The highest BCUT2D eigenvalue weighted by atomic mass is 19.1. The van der Waals surface area contributed by atoms with Gasteiger partial charge in [0.1, 0.15) is 17.5 Å². The third kappa shape index (κ3) is 3.65. The van der Waals surface area contributed by atoms with Crippen molar-refractivity contribution in [3.05, 3.63) is 108 Å². The van der Waals surface area contributed by atoms with E-state index >= 15 is 0 Å². The fourth-order valence-electron chi connectivity index (χ4n) is 3.52. The number of nitrogens with one attached hydrogen (secondary N) is 1. The van der Waals surface area contributed by atoms with Crippen LogP contribution in [0, 0.1) is 18.6 Å². The number of nitrogens with zero attached hydrogens (tertiary/aromatic N) is 3. The van der Waals surface area contributed by atoms with Crippen LogP contribution in [0.15, 0.2) is 85.2 Å². The molecular formula is C25H18F2N4O. The number of carbonyl (C=O) groups excluding carboxylic acids is 1. The van der Waals surface area contributed by atoms with E-state index in [1.54, 1.807) is 48.1 Å². The Balaban J connectivity index is 1.44. The summed E-state index contributed by atoms with van der Waals surface area (Å²) < 4.78 is 30.6. The number of amides is 1. The molecule has 5 nitrogen and oxygen atoms in total. The Morgan fingerprint density at radius 2 is 1.66 bits per heavy atom. The zero-order chi connectivity index (χ0) is 22.2. The highest BCUT2D eigenvalue weighted by molar-refractivity contribution is 6.02. The Labute approximate surface area is 182 Å². The van der Waals surface area contributed by atoms with Crippen LogP contribution in [0.25, 0.3) is 22.5 Å². The average molecular weight is 428 g/mol. The van der Waals surface area contributed by atoms with Crippen molar-refractivity contribution in [2.24, 2.45) is 0 Å². The van der Waals surface area contributed by atoms with Crippen LogP contribution in [0.2, 0.25) is 0 Å². The van der Waals surface area contributed by atoms with Gasteiger partial charge >= 0.3 is 0 Å². The molecule has 2 aromatic carbocycles. The fraction of sp³-hybridized carbons (Fsp3) is 0.0400. The summed E-state index contributed by atoms with van der Waals surface area (Å²) in [7, 11) is 0. The monoisotopic (exact) mass is 428 g/mol. The molecule has 158 valence electrons. The van der Waals surface area contributed by atoms with Crippen LogP contribution in [0.4, 0.5) is 14.5 Å². The summed E-state index contributed by atoms with van der Waals surface area (Å²) >= 11 is 0. The van der Waals surface area contributed by atoms with Crippen molar-refractivity contribution in [2.75, 3.05) is 5.32 Å². The van der Waals surface area contributed by atoms with Crippen LogP contribution in [0.5, 0.6) is 0 Å². The summed E-state index contributed by atoms with van der Waals surface area (Å²) in [6.45, 7) is 1.66. The molecule has 0 atom stereocenters. The van der Waals surface area contributed by atoms with Gasteiger partial charge in [-0.15, -0.1) is 0 Å². The Morgan fingerprint density at radius 1 is 0.906 bits per heavy atom. The quantitative estimate of drug-likeness (QED) is 0.403. The van der Waals surface area contributed by atoms with Crippen molar-refractivity contribution in [1.29, 1.82) is 0 Å². The SMILES string of the molecule is Cc1ccc(NC(=O)c2ccn(-c3ccc4ccc(-c5ccc(F)cc5)cn34)n2)cc1F. The Kier molecular flexibility index (Phi) is 4.78. The molecule has 7 heteroatoms. The highest BCUT2D eigenvalue weighted by Crippen LogP contribution is 2.23. The molecule has 0 radical (unpaired) electrons. The first-order valence-electron chi connectivity index (χ1n) is 9.98. The number of fused-ring (bicyclic) bond motifs is 1. The smallest absolute Gasteiger partial charge is 0.276 e. The molecule has 3 heterocycles. The van der Waals surface area contributed by atoms with Crippen LogP contribution < -0.4 is 5.32 Å². The first-order valence-corrected chi connectivity index (χ1v) is 9.98. The van der Waals surface area contributed by atoms with Crippen LogP contribution in [0.1, 0.15) is 16.1 Å². The molecule has 1 amide bonds. The van der Waals surface area contributed by atoms with Crippen molar-refractivity contribution < 1.29 is 13.6 Å². The number of benzene rings is 2. The number of hydrogen-bond donors (Lipinski definition) is 1. The van der Waals surface area contributed by atoms with E-state index in [9.17, 15) is 13.6 Å². The topological polar surface area (TPSA) is 51.3 Å². The van der Waals surface area contributed by atoms with E-state index in [1.807, 2.05) is 34.9 Å². The van der Waals surface area contributed by atoms with Gasteiger partial charge in [0, 0.05) is 23.6 Å². The lowest BCUT2D eigenvalue weighted by atomic mass is 10.1. The predicted octanol–water partition coefficient (Wildman–Crippen LogP) is 5.63. The van der Waals surface area contributed by atoms with Crippen molar-refractivity contribution in [3.8, 4) is 16.9 Å². The first kappa shape index (κ1) is 19.7. The minimum absolute atomic E-state index is 0.204. The molecule has 0 bridgehead atoms. The molecule has 1 N–H and O–H groups in total. The molecule has 0 aliphatic carbocycles. The normalized spacial score (nSPS) is 11.1. The summed E-state index contributed by atoms with van der Waals surface area (Å²) in [5.74, 6) is -0.360. The van der Waals surface area contributed by atoms with Crippen LogP contribution in [-0.2, 0) is 0 Å². The second-order valence-corrected chi connectivity index (χ2v) is 7.47. The van der Waals surface area contributed by atoms with Gasteiger partial charge in [0.05, 0.1) is 0 Å². The largest absolute Gasteiger partial charge is 0.320 e. The van der Waals surface area contributed by atoms with Crippen molar-refractivity contribution in [1.82, 2.24) is 14.2 Å². The molecule has 3 aromatic heterocycles. The number of pyridine rings is 1. The summed E-state index contributed by atoms with van der Waals surface area (Å²) in [5, 5.41) is 7.06. The van der Waals surface area contributed by atoms with Gasteiger partial charge in [-0.2, -0.15) is 5.10 Å². The third-order valence-electron chi connectivity index (χ3n) is 5.29. The number of rotatable bonds is 4. The number of anilines is 1. The summed E-state index contributed by atoms with van der Waals surface area (Å²) in [6, 6.07) is 20.2. The Hall–Kier alpha value is -4.26. The van der Waals surface area contributed by atoms with E-state index in [0.717, 1.165) is 22.5 Å². The molecule has 0 aliphatic rings. The fourth-order valence-corrected chi connectivity index (χ4v) is 3.52. The van der Waals surface area contributed by atoms with Crippen molar-refractivity contribution in [2.45, 2.75) is 6.92 Å². The van der Waals surface area contributed by atoms with Crippen molar-refractivity contribution >= 4 is 17.1 Å². The summed E-state index contributed by atoms with van der Waals surface area (Å²) in [5.41, 5.74) is 3.83. The van der Waals surface area contributed by atoms with E-state index in [0.29, 0.717) is 11.3 Å². The first-order chi connectivity index (χ1) is 15.5. The van der Waals surface area contributed by atoms with Gasteiger partial charge in [-0.1, -0.05) is 24.3 Å². The minimum Gasteiger partial charge on any atom is -0.320 e. The average Bonchev–Trinajstić information content (AvgIpc) is 3.43. The molecular weight excluding hydrogens is 410 g/mol. The molecule has 32 heavy (non-hydrogen) atoms. The van der Waals surface area contributed by atoms with E-state index in [4.69, 9.17) is 0 Å². The molecule has 0 unspecified atom stereocenters. The predicted molar refractivity (Wildman–Crippen MR) is 119 cm³/mol. The van der Waals surface area contributed by atoms with E-state index in [1.165, 1.54) is 18.2 Å². The maximum Gasteiger partial charge on any atom is 0.276 e. The second-order valence-electron chi connectivity index (χ2n) is 7.47. The van der Waals surface area contributed by atoms with E-state index < -0.39 is 5.91 Å². The molecule has 5 rings (SSSR count). The van der Waals surface area contributed by atoms with E-state index in [-0.39, 0.29) is 17.3 Å². The van der Waals surface area contributed by atoms with Gasteiger partial charge in [-0.25, -0.2) is 13.5 Å². The summed E-state index contributed by atoms with van der Waals surface area (Å²) in [4.78, 5) is 12.6. The van der Waals surface area contributed by atoms with Gasteiger partial charge in [0.25, 0.3) is 5.91 Å². The molecule has 0 saturated carbocycles. The van der Waals surface area contributed by atoms with Gasteiger partial charge in [0.2, 0.25) is 0 Å². The molecule has 0 spiro atoms. The number of hydrogen-bond acceptors (Lipinski definition) is 2. The van der Waals surface area contributed by atoms with Crippen LogP contribution in [0.3, 0.4) is 0 Å². The van der Waals surface area contributed by atoms with Gasteiger partial charge in [-0.3, -0.25) is 4.79 Å². The molecule has 5 aromatic rings. The lowest BCUT2D eigenvalue weighted by molar-refractivity contribution is 0.102. The number of aryl methyl sites for hydroxylation is 1. The standard InChI is InChI=1S/C25H18F2N4O/c1-16-2-8-20(14-22(16)27)28-25(32)23-12-13-31(29-23)24-11-10-21-9-5-18(15-30(21)24)17-3-6-19(26)7-4-17/h2-15H,1H3,(H,28,32). The molecule has 0 saturated heterocycles. The zero-order valence-electron chi connectivity index (χ0n) is 17.1. The highest BCUT2D eigenvalue weighted by Gasteiger charge is 2.13. The number of carbonyl (C=O) groups is 1. The van der Waals surface area contributed by atoms with Gasteiger partial charge in [0.15, 0.2) is 5.69 Å². The minimum atomic E-state index is -0.431. The Morgan fingerprint density at radius 3 is 2.44 bits per heavy atom. The number of aromatic nitrogens is 3. The van der Waals surface area contributed by atoms with Crippen LogP contribution in [-0.4, -0.2) is 20.1 Å². The second kappa shape index (κ2) is 7.77. The van der Waals surface area contributed by atoms with Gasteiger partial charge < -0.3 is 9.72 Å². The maximum atomic E-state index is 13.8. The lowest BCUT2D eigenvalue weighted by Gasteiger charge is -2.07. The number of halogens is 2. The van der Waals surface area contributed by atoms with Gasteiger partial charge in [-0.05, 0) is 72.1 Å². The van der Waals surface area contributed by atoms with Crippen molar-refractivity contribution in [3.63, 3.8) is 0 Å². The Bertz CT molecular complexity index is 1450. The van der Waals surface area contributed by atoms with Crippen LogP contribution >= 0.6 is 0 Å². The third-order valence-corrected chi connectivity index (χ3v) is 5.29. The van der Waals surface area contributed by atoms with E-state index in [2.05, 4.69) is 10.4 Å².